The van der Waals surface area contributed by atoms with E-state index in [0.717, 1.165) is 21.3 Å². The Kier molecular flexibility index (Phi) is 6.76. The summed E-state index contributed by atoms with van der Waals surface area (Å²) in [5.41, 5.74) is 3.39. The van der Waals surface area contributed by atoms with Gasteiger partial charge in [-0.3, -0.25) is 9.10 Å². The molecule has 172 valence electrons. The van der Waals surface area contributed by atoms with Crippen molar-refractivity contribution in [1.29, 1.82) is 0 Å². The minimum absolute atomic E-state index is 0.159. The maximum Gasteiger partial charge on any atom is 0.264 e. The number of fused-ring (bicyclic) bond motifs is 1. The van der Waals surface area contributed by atoms with Crippen LogP contribution in [0.4, 0.5) is 5.69 Å². The lowest BCUT2D eigenvalue weighted by Crippen LogP contribution is -2.31. The molecule has 1 amide bonds. The summed E-state index contributed by atoms with van der Waals surface area (Å²) in [5, 5.41) is 2.91. The summed E-state index contributed by atoms with van der Waals surface area (Å²) in [4.78, 5) is 12.6. The summed E-state index contributed by atoms with van der Waals surface area (Å²) < 4.78 is 34.5. The highest BCUT2D eigenvalue weighted by molar-refractivity contribution is 9.10. The van der Waals surface area contributed by atoms with Gasteiger partial charge in [-0.25, -0.2) is 8.42 Å². The van der Waals surface area contributed by atoms with Crippen LogP contribution in [0.2, 0.25) is 0 Å². The van der Waals surface area contributed by atoms with Crippen LogP contribution in [-0.4, -0.2) is 27.5 Å². The Morgan fingerprint density at radius 1 is 1.12 bits per heavy atom. The van der Waals surface area contributed by atoms with Crippen molar-refractivity contribution >= 4 is 37.5 Å². The Bertz CT molecular complexity index is 1280. The van der Waals surface area contributed by atoms with E-state index in [2.05, 4.69) is 21.2 Å². The van der Waals surface area contributed by atoms with E-state index in [1.807, 2.05) is 55.5 Å². The first-order valence-corrected chi connectivity index (χ1v) is 12.9. The van der Waals surface area contributed by atoms with Crippen molar-refractivity contribution in [2.75, 3.05) is 17.5 Å². The lowest BCUT2D eigenvalue weighted by Gasteiger charge is -2.20. The van der Waals surface area contributed by atoms with Crippen LogP contribution in [0.15, 0.2) is 76.1 Å². The molecule has 33 heavy (non-hydrogen) atoms. The number of sulfonamides is 1. The fourth-order valence-corrected chi connectivity index (χ4v) is 5.74. The van der Waals surface area contributed by atoms with E-state index < -0.39 is 10.0 Å². The summed E-state index contributed by atoms with van der Waals surface area (Å²) in [7, 11) is -3.68. The molecule has 0 spiro atoms. The van der Waals surface area contributed by atoms with Gasteiger partial charge in [0.2, 0.25) is 0 Å². The molecule has 8 heteroatoms. The van der Waals surface area contributed by atoms with Crippen molar-refractivity contribution in [1.82, 2.24) is 5.32 Å². The number of carbonyl (C=O) groups is 1. The Labute approximate surface area is 202 Å². The highest BCUT2D eigenvalue weighted by Gasteiger charge is 2.30. The van der Waals surface area contributed by atoms with Gasteiger partial charge in [0.05, 0.1) is 16.6 Å². The maximum atomic E-state index is 13.2. The highest BCUT2D eigenvalue weighted by Crippen LogP contribution is 2.33. The molecular weight excluding hydrogens is 504 g/mol. The smallest absolute Gasteiger partial charge is 0.264 e. The molecule has 0 saturated carbocycles. The minimum Gasteiger partial charge on any atom is -0.484 e. The van der Waals surface area contributed by atoms with Crippen molar-refractivity contribution in [2.24, 2.45) is 0 Å². The Morgan fingerprint density at radius 2 is 1.85 bits per heavy atom. The van der Waals surface area contributed by atoms with Crippen LogP contribution in [-0.2, 0) is 21.2 Å². The average Bonchev–Trinajstić information content (AvgIpc) is 3.23. The number of halogens is 1. The van der Waals surface area contributed by atoms with Gasteiger partial charge in [0.25, 0.3) is 15.9 Å². The molecule has 0 unspecified atom stereocenters. The molecular formula is C25H25BrN2O4S. The van der Waals surface area contributed by atoms with Gasteiger partial charge in [0, 0.05) is 11.0 Å². The number of para-hydroxylation sites is 1. The molecule has 0 radical (unpaired) electrons. The highest BCUT2D eigenvalue weighted by atomic mass is 79.9. The van der Waals surface area contributed by atoms with Crippen LogP contribution in [0.5, 0.6) is 5.75 Å². The molecule has 0 fully saturated rings. The van der Waals surface area contributed by atoms with Gasteiger partial charge in [-0.05, 0) is 73.4 Å². The number of anilines is 1. The fourth-order valence-electron chi connectivity index (χ4n) is 3.89. The Balaban J connectivity index is 1.41. The zero-order chi connectivity index (χ0) is 23.6. The van der Waals surface area contributed by atoms with Gasteiger partial charge in [0.1, 0.15) is 5.75 Å². The Morgan fingerprint density at radius 3 is 2.58 bits per heavy atom. The van der Waals surface area contributed by atoms with Gasteiger partial charge in [-0.15, -0.1) is 0 Å². The SMILES string of the molecule is Cc1cc(S(=O)(=O)N2CCc3ccccc32)ccc1OCC(=O)N[C@@H](C)c1ccc(Br)cc1. The molecule has 6 nitrogen and oxygen atoms in total. The number of hydrogen-bond donors (Lipinski definition) is 1. The third-order valence-electron chi connectivity index (χ3n) is 5.69. The largest absolute Gasteiger partial charge is 0.484 e. The van der Waals surface area contributed by atoms with Crippen molar-refractivity contribution < 1.29 is 17.9 Å². The molecule has 3 aromatic rings. The number of nitrogens with zero attached hydrogens (tertiary/aromatic N) is 1. The normalized spacial score (nSPS) is 14.0. The molecule has 0 saturated heterocycles. The topological polar surface area (TPSA) is 75.7 Å². The first-order valence-electron chi connectivity index (χ1n) is 10.6. The monoisotopic (exact) mass is 528 g/mol. The molecule has 1 atom stereocenters. The van der Waals surface area contributed by atoms with Crippen LogP contribution in [0.3, 0.4) is 0 Å². The first kappa shape index (κ1) is 23.3. The van der Waals surface area contributed by atoms with Crippen LogP contribution >= 0.6 is 15.9 Å². The van der Waals surface area contributed by atoms with E-state index in [0.29, 0.717) is 24.3 Å². The summed E-state index contributed by atoms with van der Waals surface area (Å²) in [5.74, 6) is 0.220. The second kappa shape index (κ2) is 9.57. The van der Waals surface area contributed by atoms with E-state index in [1.54, 1.807) is 19.1 Å². The zero-order valence-electron chi connectivity index (χ0n) is 18.4. The lowest BCUT2D eigenvalue weighted by atomic mass is 10.1. The van der Waals surface area contributed by atoms with Crippen molar-refractivity contribution in [3.63, 3.8) is 0 Å². The zero-order valence-corrected chi connectivity index (χ0v) is 20.8. The summed E-state index contributed by atoms with van der Waals surface area (Å²) >= 11 is 3.40. The fraction of sp³-hybridized carbons (Fsp3) is 0.240. The third kappa shape index (κ3) is 5.07. The number of aryl methyl sites for hydroxylation is 1. The van der Waals surface area contributed by atoms with E-state index >= 15 is 0 Å². The lowest BCUT2D eigenvalue weighted by molar-refractivity contribution is -0.123. The minimum atomic E-state index is -3.68. The third-order valence-corrected chi connectivity index (χ3v) is 8.02. The van der Waals surface area contributed by atoms with Gasteiger partial charge in [-0.1, -0.05) is 46.3 Å². The van der Waals surface area contributed by atoms with Crippen LogP contribution < -0.4 is 14.4 Å². The van der Waals surface area contributed by atoms with Crippen molar-refractivity contribution in [3.8, 4) is 5.75 Å². The van der Waals surface area contributed by atoms with Gasteiger partial charge < -0.3 is 10.1 Å². The summed E-state index contributed by atoms with van der Waals surface area (Å²) in [6, 6.07) is 19.8. The summed E-state index contributed by atoms with van der Waals surface area (Å²) in [6.45, 7) is 3.94. The standard InChI is InChI=1S/C25H25BrN2O4S/c1-17-15-22(33(30,31)28-14-13-20-5-3-4-6-23(20)28)11-12-24(17)32-16-25(29)27-18(2)19-7-9-21(26)10-8-19/h3-12,15,18H,13-14,16H2,1-2H3,(H,27,29)/t18-/m0/s1. The quantitative estimate of drug-likeness (QED) is 0.479. The number of benzene rings is 3. The maximum absolute atomic E-state index is 13.2. The molecule has 0 aliphatic carbocycles. The number of hydrogen-bond acceptors (Lipinski definition) is 4. The first-order chi connectivity index (χ1) is 15.8. The predicted molar refractivity (Wildman–Crippen MR) is 132 cm³/mol. The molecule has 3 aromatic carbocycles. The molecule has 1 N–H and O–H groups in total. The van der Waals surface area contributed by atoms with E-state index in [1.165, 1.54) is 10.4 Å². The van der Waals surface area contributed by atoms with Crippen LogP contribution in [0, 0.1) is 6.92 Å². The molecule has 0 bridgehead atoms. The summed E-state index contributed by atoms with van der Waals surface area (Å²) in [6.07, 6.45) is 0.698. The predicted octanol–water partition coefficient (Wildman–Crippen LogP) is 4.77. The average molecular weight is 529 g/mol. The molecule has 1 aliphatic heterocycles. The van der Waals surface area contributed by atoms with E-state index in [-0.39, 0.29) is 23.5 Å². The van der Waals surface area contributed by atoms with Crippen LogP contribution in [0.25, 0.3) is 0 Å². The van der Waals surface area contributed by atoms with Crippen molar-refractivity contribution in [2.45, 2.75) is 31.2 Å². The number of carbonyl (C=O) groups excluding carboxylic acids is 1. The van der Waals surface area contributed by atoms with E-state index in [4.69, 9.17) is 4.74 Å². The van der Waals surface area contributed by atoms with E-state index in [9.17, 15) is 13.2 Å². The molecule has 1 heterocycles. The molecule has 4 rings (SSSR count). The number of rotatable bonds is 7. The molecule has 1 aliphatic rings. The van der Waals surface area contributed by atoms with Crippen LogP contribution in [0.1, 0.15) is 29.7 Å². The number of nitrogens with one attached hydrogen (secondary N) is 1. The van der Waals surface area contributed by atoms with Gasteiger partial charge in [0.15, 0.2) is 6.61 Å². The van der Waals surface area contributed by atoms with Gasteiger partial charge >= 0.3 is 0 Å². The number of ether oxygens (including phenoxy) is 1. The molecule has 0 aromatic heterocycles. The number of amides is 1. The van der Waals surface area contributed by atoms with Crippen molar-refractivity contribution in [3.05, 3.63) is 87.9 Å². The van der Waals surface area contributed by atoms with Gasteiger partial charge in [-0.2, -0.15) is 0 Å². The Hall–Kier alpha value is -2.84. The second-order valence-corrected chi connectivity index (χ2v) is 10.8. The second-order valence-electron chi connectivity index (χ2n) is 8.01.